The standard InChI is InChI=1S/C26H18BrClN2O4S/c1-2-33-22-11-16(10-21(27)24(22)34-15-18-7-4-3-6-17(18)14-29)12-23-25(31)30(26(32)35-23)20-9-5-8-19(28)13-20/h3-13H,2,15H2,1H3/b23-12+. The maximum absolute atomic E-state index is 13.0. The van der Waals surface area contributed by atoms with E-state index in [1.54, 1.807) is 54.6 Å². The van der Waals surface area contributed by atoms with Gasteiger partial charge in [-0.15, -0.1) is 0 Å². The molecule has 1 saturated heterocycles. The van der Waals surface area contributed by atoms with Gasteiger partial charge in [-0.1, -0.05) is 35.9 Å². The largest absolute Gasteiger partial charge is 0.490 e. The van der Waals surface area contributed by atoms with Gasteiger partial charge >= 0.3 is 0 Å². The molecule has 1 aliphatic heterocycles. The number of nitriles is 1. The van der Waals surface area contributed by atoms with E-state index in [0.29, 0.717) is 44.4 Å². The molecule has 2 amide bonds. The number of halogens is 2. The molecule has 0 unspecified atom stereocenters. The highest BCUT2D eigenvalue weighted by Gasteiger charge is 2.36. The Morgan fingerprint density at radius 3 is 2.66 bits per heavy atom. The van der Waals surface area contributed by atoms with Gasteiger partial charge in [-0.3, -0.25) is 9.59 Å². The van der Waals surface area contributed by atoms with E-state index in [9.17, 15) is 14.9 Å². The molecule has 3 aromatic carbocycles. The quantitative estimate of drug-likeness (QED) is 0.280. The van der Waals surface area contributed by atoms with Crippen molar-refractivity contribution in [3.8, 4) is 17.6 Å². The summed E-state index contributed by atoms with van der Waals surface area (Å²) in [6.07, 6.45) is 1.64. The van der Waals surface area contributed by atoms with Crippen LogP contribution in [0.1, 0.15) is 23.6 Å². The second-order valence-electron chi connectivity index (χ2n) is 7.32. The first-order chi connectivity index (χ1) is 16.9. The molecule has 0 aliphatic carbocycles. The fourth-order valence-electron chi connectivity index (χ4n) is 3.44. The summed E-state index contributed by atoms with van der Waals surface area (Å²) < 4.78 is 12.4. The van der Waals surface area contributed by atoms with Crippen LogP contribution >= 0.6 is 39.3 Å². The zero-order chi connectivity index (χ0) is 24.9. The summed E-state index contributed by atoms with van der Waals surface area (Å²) in [7, 11) is 0. The minimum Gasteiger partial charge on any atom is -0.490 e. The highest BCUT2D eigenvalue weighted by molar-refractivity contribution is 9.10. The Kier molecular flexibility index (Phi) is 7.81. The van der Waals surface area contributed by atoms with E-state index in [0.717, 1.165) is 22.2 Å². The highest BCUT2D eigenvalue weighted by atomic mass is 79.9. The molecule has 0 aromatic heterocycles. The predicted octanol–water partition coefficient (Wildman–Crippen LogP) is 7.19. The van der Waals surface area contributed by atoms with E-state index in [1.165, 1.54) is 0 Å². The monoisotopic (exact) mass is 568 g/mol. The zero-order valence-electron chi connectivity index (χ0n) is 18.5. The number of benzene rings is 3. The first-order valence-electron chi connectivity index (χ1n) is 10.5. The van der Waals surface area contributed by atoms with E-state index < -0.39 is 11.1 Å². The van der Waals surface area contributed by atoms with Crippen LogP contribution in [0.15, 0.2) is 70.0 Å². The number of ether oxygens (including phenoxy) is 2. The average Bonchev–Trinajstić information content (AvgIpc) is 3.11. The van der Waals surface area contributed by atoms with E-state index >= 15 is 0 Å². The zero-order valence-corrected chi connectivity index (χ0v) is 21.6. The molecule has 35 heavy (non-hydrogen) atoms. The van der Waals surface area contributed by atoms with E-state index in [4.69, 9.17) is 21.1 Å². The number of carbonyl (C=O) groups is 2. The molecule has 0 N–H and O–H groups in total. The van der Waals surface area contributed by atoms with Crippen molar-refractivity contribution in [1.82, 2.24) is 0 Å². The lowest BCUT2D eigenvalue weighted by atomic mass is 10.1. The maximum atomic E-state index is 13.0. The topological polar surface area (TPSA) is 79.6 Å². The van der Waals surface area contributed by atoms with Crippen LogP contribution in [0.4, 0.5) is 10.5 Å². The van der Waals surface area contributed by atoms with Crippen molar-refractivity contribution in [2.45, 2.75) is 13.5 Å². The molecule has 0 radical (unpaired) electrons. The van der Waals surface area contributed by atoms with Gasteiger partial charge in [0.2, 0.25) is 0 Å². The molecule has 1 fully saturated rings. The lowest BCUT2D eigenvalue weighted by Gasteiger charge is -2.15. The van der Waals surface area contributed by atoms with E-state index in [-0.39, 0.29) is 11.5 Å². The van der Waals surface area contributed by atoms with Gasteiger partial charge in [-0.2, -0.15) is 5.26 Å². The Balaban J connectivity index is 1.62. The van der Waals surface area contributed by atoms with Crippen molar-refractivity contribution in [3.05, 3.63) is 91.8 Å². The lowest BCUT2D eigenvalue weighted by molar-refractivity contribution is -0.113. The van der Waals surface area contributed by atoms with Crippen LogP contribution in [-0.4, -0.2) is 17.8 Å². The Labute approximate surface area is 220 Å². The molecule has 6 nitrogen and oxygen atoms in total. The first-order valence-corrected chi connectivity index (χ1v) is 12.5. The van der Waals surface area contributed by atoms with Crippen molar-refractivity contribution in [3.63, 3.8) is 0 Å². The van der Waals surface area contributed by atoms with E-state index in [1.807, 2.05) is 19.1 Å². The van der Waals surface area contributed by atoms with Gasteiger partial charge in [-0.25, -0.2) is 4.90 Å². The Bertz CT molecular complexity index is 1390. The van der Waals surface area contributed by atoms with Gasteiger partial charge in [0.05, 0.1) is 33.3 Å². The summed E-state index contributed by atoms with van der Waals surface area (Å²) in [5.41, 5.74) is 2.36. The van der Waals surface area contributed by atoms with Crippen LogP contribution in [-0.2, 0) is 11.4 Å². The molecule has 1 aliphatic rings. The van der Waals surface area contributed by atoms with E-state index in [2.05, 4.69) is 22.0 Å². The number of amides is 2. The molecule has 9 heteroatoms. The van der Waals surface area contributed by atoms with Gasteiger partial charge < -0.3 is 9.47 Å². The lowest BCUT2D eigenvalue weighted by Crippen LogP contribution is -2.27. The normalized spacial score (nSPS) is 14.3. The third-order valence-electron chi connectivity index (χ3n) is 5.00. The summed E-state index contributed by atoms with van der Waals surface area (Å²) in [6, 6.07) is 19.5. The second kappa shape index (κ2) is 11.0. The van der Waals surface area contributed by atoms with Crippen LogP contribution in [0.25, 0.3) is 6.08 Å². The van der Waals surface area contributed by atoms with Crippen LogP contribution in [0.5, 0.6) is 11.5 Å². The Hall–Kier alpha value is -3.25. The number of imide groups is 1. The minimum absolute atomic E-state index is 0.181. The van der Waals surface area contributed by atoms with Crippen LogP contribution in [0.3, 0.4) is 0 Å². The van der Waals surface area contributed by atoms with Gasteiger partial charge in [-0.05, 0) is 82.7 Å². The molecule has 4 rings (SSSR count). The van der Waals surface area contributed by atoms with Gasteiger partial charge in [0, 0.05) is 10.6 Å². The highest BCUT2D eigenvalue weighted by Crippen LogP contribution is 2.40. The van der Waals surface area contributed by atoms with Crippen molar-refractivity contribution in [2.75, 3.05) is 11.5 Å². The van der Waals surface area contributed by atoms with Crippen molar-refractivity contribution in [2.24, 2.45) is 0 Å². The van der Waals surface area contributed by atoms with Gasteiger partial charge in [0.15, 0.2) is 11.5 Å². The SMILES string of the molecule is CCOc1cc(/C=C2/SC(=O)N(c3cccc(Cl)c3)C2=O)cc(Br)c1OCc1ccccc1C#N. The van der Waals surface area contributed by atoms with Crippen molar-refractivity contribution >= 4 is 62.2 Å². The summed E-state index contributed by atoms with van der Waals surface area (Å²) >= 11 is 10.4. The molecule has 0 atom stereocenters. The minimum atomic E-state index is -0.426. The fourth-order valence-corrected chi connectivity index (χ4v) is 5.04. The van der Waals surface area contributed by atoms with Crippen LogP contribution in [0, 0.1) is 11.3 Å². The first kappa shape index (κ1) is 24.9. The smallest absolute Gasteiger partial charge is 0.298 e. The molecule has 0 bridgehead atoms. The number of thioether (sulfide) groups is 1. The number of carbonyl (C=O) groups excluding carboxylic acids is 2. The Morgan fingerprint density at radius 1 is 1.11 bits per heavy atom. The van der Waals surface area contributed by atoms with Gasteiger partial charge in [0.1, 0.15) is 6.61 Å². The maximum Gasteiger partial charge on any atom is 0.298 e. The molecule has 0 saturated carbocycles. The summed E-state index contributed by atoms with van der Waals surface area (Å²) in [4.78, 5) is 26.9. The third-order valence-corrected chi connectivity index (χ3v) is 6.69. The molecule has 1 heterocycles. The Morgan fingerprint density at radius 2 is 1.91 bits per heavy atom. The molecular formula is C26H18BrClN2O4S. The number of rotatable bonds is 7. The number of anilines is 1. The predicted molar refractivity (Wildman–Crippen MR) is 141 cm³/mol. The average molecular weight is 570 g/mol. The van der Waals surface area contributed by atoms with Crippen molar-refractivity contribution in [1.29, 1.82) is 5.26 Å². The second-order valence-corrected chi connectivity index (χ2v) is 9.60. The van der Waals surface area contributed by atoms with Crippen LogP contribution in [0.2, 0.25) is 5.02 Å². The molecule has 176 valence electrons. The molecule has 0 spiro atoms. The summed E-state index contributed by atoms with van der Waals surface area (Å²) in [5.74, 6) is 0.519. The summed E-state index contributed by atoms with van der Waals surface area (Å²) in [5, 5.41) is 9.35. The third kappa shape index (κ3) is 5.54. The molecular weight excluding hydrogens is 552 g/mol. The van der Waals surface area contributed by atoms with Crippen LogP contribution < -0.4 is 14.4 Å². The van der Waals surface area contributed by atoms with Crippen molar-refractivity contribution < 1.29 is 19.1 Å². The summed E-state index contributed by atoms with van der Waals surface area (Å²) in [6.45, 7) is 2.43. The fraction of sp³-hybridized carbons (Fsp3) is 0.115. The number of nitrogens with zero attached hydrogens (tertiary/aromatic N) is 2. The van der Waals surface area contributed by atoms with Gasteiger partial charge in [0.25, 0.3) is 11.1 Å². The number of hydrogen-bond donors (Lipinski definition) is 0. The molecule has 3 aromatic rings. The number of hydrogen-bond acceptors (Lipinski definition) is 6.